The maximum absolute atomic E-state index is 13.2. The number of pyridine rings is 1. The Balaban J connectivity index is 1.65. The van der Waals surface area contributed by atoms with Crippen molar-refractivity contribution in [2.45, 2.75) is 64.0 Å². The van der Waals surface area contributed by atoms with E-state index in [0.717, 1.165) is 54.6 Å². The predicted octanol–water partition coefficient (Wildman–Crippen LogP) is 1.96. The zero-order valence-corrected chi connectivity index (χ0v) is 17.0. The summed E-state index contributed by atoms with van der Waals surface area (Å²) in [6.07, 6.45) is 8.03. The number of hydrogen-bond donors (Lipinski definition) is 2. The van der Waals surface area contributed by atoms with Gasteiger partial charge >= 0.3 is 0 Å². The maximum Gasteiger partial charge on any atom is 0.258 e. The number of H-pyrrole nitrogens is 1. The van der Waals surface area contributed by atoms with Crippen molar-refractivity contribution >= 4 is 10.9 Å². The van der Waals surface area contributed by atoms with Crippen molar-refractivity contribution < 1.29 is 4.90 Å². The molecule has 0 radical (unpaired) electrons. The molecule has 5 rings (SSSR count). The van der Waals surface area contributed by atoms with E-state index in [2.05, 4.69) is 45.6 Å². The average molecular weight is 394 g/mol. The summed E-state index contributed by atoms with van der Waals surface area (Å²) in [5.41, 5.74) is 2.93. The van der Waals surface area contributed by atoms with Crippen LogP contribution in [0.5, 0.6) is 0 Å². The van der Waals surface area contributed by atoms with Gasteiger partial charge in [-0.2, -0.15) is 0 Å². The smallest absolute Gasteiger partial charge is 0.258 e. The van der Waals surface area contributed by atoms with Gasteiger partial charge in [-0.25, -0.2) is 4.68 Å². The lowest BCUT2D eigenvalue weighted by Gasteiger charge is -2.25. The molecular formula is C22H29N6O+. The molecular weight excluding hydrogens is 364 g/mol. The number of nitrogens with one attached hydrogen (secondary N) is 2. The number of quaternary nitrogens is 1. The van der Waals surface area contributed by atoms with Gasteiger partial charge in [0, 0.05) is 18.4 Å². The van der Waals surface area contributed by atoms with Crippen LogP contribution in [0.3, 0.4) is 0 Å². The first-order valence-corrected chi connectivity index (χ1v) is 11.0. The van der Waals surface area contributed by atoms with Crippen LogP contribution in [-0.2, 0) is 6.42 Å². The number of likely N-dealkylation sites (tertiary alicyclic amines) is 1. The summed E-state index contributed by atoms with van der Waals surface area (Å²) in [7, 11) is 0. The minimum Gasteiger partial charge on any atom is -0.322 e. The van der Waals surface area contributed by atoms with Crippen LogP contribution in [0.1, 0.15) is 74.5 Å². The molecule has 2 aliphatic rings. The Hall–Kier alpha value is -2.54. The molecule has 1 aromatic carbocycles. The lowest BCUT2D eigenvalue weighted by atomic mass is 10.0. The fourth-order valence-electron chi connectivity index (χ4n) is 5.17. The molecule has 2 N–H and O–H groups in total. The summed E-state index contributed by atoms with van der Waals surface area (Å²) in [6.45, 7) is 4.25. The van der Waals surface area contributed by atoms with Crippen molar-refractivity contribution in [3.05, 3.63) is 51.6 Å². The Morgan fingerprint density at radius 3 is 2.72 bits per heavy atom. The van der Waals surface area contributed by atoms with E-state index in [4.69, 9.17) is 0 Å². The summed E-state index contributed by atoms with van der Waals surface area (Å²) < 4.78 is 2.02. The topological polar surface area (TPSA) is 80.9 Å². The summed E-state index contributed by atoms with van der Waals surface area (Å²) in [5, 5.41) is 14.0. The Morgan fingerprint density at radius 1 is 1.17 bits per heavy atom. The second-order valence-electron chi connectivity index (χ2n) is 8.55. The highest BCUT2D eigenvalue weighted by Crippen LogP contribution is 2.31. The summed E-state index contributed by atoms with van der Waals surface area (Å²) in [6, 6.07) is 8.60. The molecule has 0 unspecified atom stereocenters. The van der Waals surface area contributed by atoms with E-state index in [0.29, 0.717) is 6.04 Å². The summed E-state index contributed by atoms with van der Waals surface area (Å²) >= 11 is 0. The van der Waals surface area contributed by atoms with E-state index in [9.17, 15) is 4.79 Å². The summed E-state index contributed by atoms with van der Waals surface area (Å²) in [4.78, 5) is 17.7. The van der Waals surface area contributed by atoms with Crippen LogP contribution in [-0.4, -0.2) is 38.3 Å². The van der Waals surface area contributed by atoms with Gasteiger partial charge in [0.1, 0.15) is 0 Å². The van der Waals surface area contributed by atoms with Crippen molar-refractivity contribution in [1.82, 2.24) is 25.2 Å². The SMILES string of the molecule is CCc1ccc2[nH]c(=O)c([C@@H](c3nnnn3C3CCCC3)[NH+]3CCCC3)cc2c1. The quantitative estimate of drug-likeness (QED) is 0.694. The first kappa shape index (κ1) is 18.5. The van der Waals surface area contributed by atoms with E-state index in [1.165, 1.54) is 36.1 Å². The molecule has 7 nitrogen and oxygen atoms in total. The van der Waals surface area contributed by atoms with Gasteiger partial charge in [-0.1, -0.05) is 25.8 Å². The number of benzene rings is 1. The first-order valence-electron chi connectivity index (χ1n) is 11.0. The highest BCUT2D eigenvalue weighted by molar-refractivity contribution is 5.79. The molecule has 1 saturated carbocycles. The lowest BCUT2D eigenvalue weighted by molar-refractivity contribution is -0.914. The molecule has 152 valence electrons. The molecule has 0 amide bonds. The number of aromatic nitrogens is 5. The minimum absolute atomic E-state index is 0.0212. The van der Waals surface area contributed by atoms with Crippen LogP contribution in [0.25, 0.3) is 10.9 Å². The van der Waals surface area contributed by atoms with E-state index >= 15 is 0 Å². The largest absolute Gasteiger partial charge is 0.322 e. The number of aromatic amines is 1. The predicted molar refractivity (Wildman–Crippen MR) is 111 cm³/mol. The monoisotopic (exact) mass is 393 g/mol. The van der Waals surface area contributed by atoms with Gasteiger partial charge in [-0.3, -0.25) is 4.79 Å². The zero-order valence-electron chi connectivity index (χ0n) is 17.0. The molecule has 2 fully saturated rings. The maximum atomic E-state index is 13.2. The van der Waals surface area contributed by atoms with Crippen LogP contribution < -0.4 is 10.5 Å². The Morgan fingerprint density at radius 2 is 1.97 bits per heavy atom. The normalized spacial score (nSPS) is 19.3. The molecule has 2 aromatic heterocycles. The van der Waals surface area contributed by atoms with Gasteiger partial charge < -0.3 is 9.88 Å². The van der Waals surface area contributed by atoms with Gasteiger partial charge in [0.05, 0.1) is 24.7 Å². The first-order chi connectivity index (χ1) is 14.2. The van der Waals surface area contributed by atoms with Crippen LogP contribution in [0.15, 0.2) is 29.1 Å². The van der Waals surface area contributed by atoms with Crippen molar-refractivity contribution in [2.24, 2.45) is 0 Å². The number of aryl methyl sites for hydroxylation is 1. The lowest BCUT2D eigenvalue weighted by Crippen LogP contribution is -3.10. The molecule has 7 heteroatoms. The van der Waals surface area contributed by atoms with Gasteiger partial charge in [0.15, 0.2) is 6.04 Å². The zero-order chi connectivity index (χ0) is 19.8. The van der Waals surface area contributed by atoms with E-state index in [-0.39, 0.29) is 11.6 Å². The van der Waals surface area contributed by atoms with Gasteiger partial charge in [-0.05, 0) is 58.8 Å². The van der Waals surface area contributed by atoms with Gasteiger partial charge in [0.25, 0.3) is 5.56 Å². The number of hydrogen-bond acceptors (Lipinski definition) is 4. The van der Waals surface area contributed by atoms with Crippen molar-refractivity contribution in [3.8, 4) is 0 Å². The third-order valence-electron chi connectivity index (χ3n) is 6.76. The molecule has 0 bridgehead atoms. The highest BCUT2D eigenvalue weighted by atomic mass is 16.1. The van der Waals surface area contributed by atoms with Gasteiger partial charge in [0.2, 0.25) is 5.82 Å². The molecule has 29 heavy (non-hydrogen) atoms. The van der Waals surface area contributed by atoms with Crippen LogP contribution in [0, 0.1) is 0 Å². The Bertz CT molecular complexity index is 1060. The molecule has 1 aliphatic heterocycles. The second kappa shape index (κ2) is 7.71. The minimum atomic E-state index is -0.119. The standard InChI is InChI=1S/C22H28N6O/c1-2-15-9-10-19-16(13-15)14-18(22(29)23-19)20(27-11-5-6-12-27)21-24-25-26-28(21)17-7-3-4-8-17/h9-10,13-14,17,20H,2-8,11-12H2,1H3,(H,23,29)/p+1/t20-/m0/s1. The van der Waals surface area contributed by atoms with Crippen molar-refractivity contribution in [3.63, 3.8) is 0 Å². The van der Waals surface area contributed by atoms with Crippen LogP contribution in [0.2, 0.25) is 0 Å². The number of nitrogens with zero attached hydrogens (tertiary/aromatic N) is 4. The molecule has 1 atom stereocenters. The Labute approximate surface area is 170 Å². The number of rotatable bonds is 5. The van der Waals surface area contributed by atoms with E-state index in [1.54, 1.807) is 0 Å². The third-order valence-corrected chi connectivity index (χ3v) is 6.76. The number of fused-ring (bicyclic) bond motifs is 1. The summed E-state index contributed by atoms with van der Waals surface area (Å²) in [5.74, 6) is 0.852. The Kier molecular flexibility index (Phi) is 4.91. The van der Waals surface area contributed by atoms with Crippen molar-refractivity contribution in [2.75, 3.05) is 13.1 Å². The highest BCUT2D eigenvalue weighted by Gasteiger charge is 2.37. The van der Waals surface area contributed by atoms with Crippen molar-refractivity contribution in [1.29, 1.82) is 0 Å². The van der Waals surface area contributed by atoms with E-state index in [1.807, 2.05) is 10.7 Å². The fourth-order valence-corrected chi connectivity index (χ4v) is 5.17. The van der Waals surface area contributed by atoms with Crippen LogP contribution in [0.4, 0.5) is 0 Å². The molecule has 1 aliphatic carbocycles. The molecule has 3 aromatic rings. The average Bonchev–Trinajstić information content (AvgIpc) is 3.50. The molecule has 3 heterocycles. The van der Waals surface area contributed by atoms with E-state index < -0.39 is 0 Å². The van der Waals surface area contributed by atoms with Crippen LogP contribution >= 0.6 is 0 Å². The molecule has 0 spiro atoms. The fraction of sp³-hybridized carbons (Fsp3) is 0.545. The van der Waals surface area contributed by atoms with Gasteiger partial charge in [-0.15, -0.1) is 5.10 Å². The number of tetrazole rings is 1. The second-order valence-corrected chi connectivity index (χ2v) is 8.55. The third kappa shape index (κ3) is 3.37. The molecule has 1 saturated heterocycles.